The Hall–Kier alpha value is -2.25. The fourth-order valence-corrected chi connectivity index (χ4v) is 1.29. The summed E-state index contributed by atoms with van der Waals surface area (Å²) in [5.74, 6) is 0.384. The Morgan fingerprint density at radius 3 is 2.94 bits per heavy atom. The van der Waals surface area contributed by atoms with E-state index >= 15 is 0 Å². The van der Waals surface area contributed by atoms with Crippen molar-refractivity contribution in [2.24, 2.45) is 0 Å². The van der Waals surface area contributed by atoms with Crippen molar-refractivity contribution < 1.29 is 14.1 Å². The van der Waals surface area contributed by atoms with Crippen LogP contribution in [-0.2, 0) is 14.9 Å². The molecule has 0 spiro atoms. The lowest BCUT2D eigenvalue weighted by Crippen LogP contribution is -2.31. The maximum Gasteiger partial charge on any atom is 0.321 e. The summed E-state index contributed by atoms with van der Waals surface area (Å²) in [5.41, 5.74) is -0.999. The maximum atomic E-state index is 11.8. The third kappa shape index (κ3) is 2.08. The molecule has 96 valence electrons. The van der Waals surface area contributed by atoms with E-state index in [4.69, 9.17) is 9.26 Å². The van der Waals surface area contributed by atoms with E-state index in [9.17, 15) is 4.79 Å². The summed E-state index contributed by atoms with van der Waals surface area (Å²) < 4.78 is 10.0. The fraction of sp³-hybridized carbons (Fsp3) is 0.500. The second kappa shape index (κ2) is 4.55. The van der Waals surface area contributed by atoms with Crippen molar-refractivity contribution in [1.82, 2.24) is 25.3 Å². The molecule has 18 heavy (non-hydrogen) atoms. The summed E-state index contributed by atoms with van der Waals surface area (Å²) in [6, 6.07) is 0. The fourth-order valence-electron chi connectivity index (χ4n) is 1.29. The van der Waals surface area contributed by atoms with Gasteiger partial charge in [-0.15, -0.1) is 0 Å². The van der Waals surface area contributed by atoms with E-state index < -0.39 is 11.4 Å². The van der Waals surface area contributed by atoms with Gasteiger partial charge in [0.25, 0.3) is 0 Å². The minimum Gasteiger partial charge on any atom is -0.465 e. The predicted octanol–water partition coefficient (Wildman–Crippen LogP) is 0.695. The third-order valence-electron chi connectivity index (χ3n) is 2.37. The van der Waals surface area contributed by atoms with Crippen molar-refractivity contribution in [1.29, 1.82) is 0 Å². The summed E-state index contributed by atoms with van der Waals surface area (Å²) in [7, 11) is 0. The van der Waals surface area contributed by atoms with Gasteiger partial charge in [-0.05, 0) is 20.8 Å². The molecule has 0 aliphatic rings. The van der Waals surface area contributed by atoms with E-state index in [1.54, 1.807) is 20.8 Å². The standard InChI is InChI=1S/C10H13N5O3/c1-4-17-9(16)10(2,3)8-13-7(15-18-8)6-11-5-12-14-6/h5H,4H2,1-3H3,(H,11,12,14). The average Bonchev–Trinajstić information content (AvgIpc) is 3.00. The van der Waals surface area contributed by atoms with Crippen molar-refractivity contribution in [3.63, 3.8) is 0 Å². The topological polar surface area (TPSA) is 107 Å². The number of aromatic amines is 1. The van der Waals surface area contributed by atoms with Crippen LogP contribution in [0.1, 0.15) is 26.7 Å². The van der Waals surface area contributed by atoms with Crippen LogP contribution in [0.25, 0.3) is 11.6 Å². The van der Waals surface area contributed by atoms with E-state index in [0.29, 0.717) is 12.4 Å². The summed E-state index contributed by atoms with van der Waals surface area (Å²) in [4.78, 5) is 19.8. The molecular formula is C10H13N5O3. The zero-order valence-corrected chi connectivity index (χ0v) is 10.3. The van der Waals surface area contributed by atoms with E-state index in [1.165, 1.54) is 6.33 Å². The van der Waals surface area contributed by atoms with Gasteiger partial charge in [0.05, 0.1) is 6.61 Å². The first-order chi connectivity index (χ1) is 8.55. The van der Waals surface area contributed by atoms with Gasteiger partial charge in [0.15, 0.2) is 5.82 Å². The van der Waals surface area contributed by atoms with E-state index in [0.717, 1.165) is 0 Å². The Labute approximate surface area is 103 Å². The molecule has 0 radical (unpaired) electrons. The Balaban J connectivity index is 2.27. The van der Waals surface area contributed by atoms with Crippen molar-refractivity contribution in [2.75, 3.05) is 6.61 Å². The third-order valence-corrected chi connectivity index (χ3v) is 2.37. The molecule has 0 bridgehead atoms. The highest BCUT2D eigenvalue weighted by Crippen LogP contribution is 2.24. The molecule has 8 heteroatoms. The van der Waals surface area contributed by atoms with Crippen molar-refractivity contribution in [3.05, 3.63) is 12.2 Å². The highest BCUT2D eigenvalue weighted by Gasteiger charge is 2.37. The van der Waals surface area contributed by atoms with Gasteiger partial charge in [-0.25, -0.2) is 4.98 Å². The number of hydrogen-bond acceptors (Lipinski definition) is 7. The van der Waals surface area contributed by atoms with Crippen LogP contribution >= 0.6 is 0 Å². The number of carbonyl (C=O) groups is 1. The summed E-state index contributed by atoms with van der Waals surface area (Å²) in [6.45, 7) is 5.35. The van der Waals surface area contributed by atoms with Crippen LogP contribution in [0.2, 0.25) is 0 Å². The molecule has 0 unspecified atom stereocenters. The summed E-state index contributed by atoms with van der Waals surface area (Å²) >= 11 is 0. The van der Waals surface area contributed by atoms with Crippen LogP contribution in [0.3, 0.4) is 0 Å². The van der Waals surface area contributed by atoms with Crippen LogP contribution in [0.5, 0.6) is 0 Å². The quantitative estimate of drug-likeness (QED) is 0.796. The second-order valence-electron chi connectivity index (χ2n) is 4.10. The molecule has 0 aromatic carbocycles. The van der Waals surface area contributed by atoms with Crippen LogP contribution in [0.15, 0.2) is 10.9 Å². The SMILES string of the molecule is CCOC(=O)C(C)(C)c1nc(-c2ncn[nH]2)no1. The number of H-pyrrole nitrogens is 1. The molecular weight excluding hydrogens is 238 g/mol. The Kier molecular flexibility index (Phi) is 3.09. The highest BCUT2D eigenvalue weighted by atomic mass is 16.5. The number of aromatic nitrogens is 5. The zero-order chi connectivity index (χ0) is 13.2. The smallest absolute Gasteiger partial charge is 0.321 e. The molecule has 2 heterocycles. The summed E-state index contributed by atoms with van der Waals surface area (Å²) in [6.07, 6.45) is 1.34. The largest absolute Gasteiger partial charge is 0.465 e. The number of ether oxygens (including phenoxy) is 1. The first-order valence-corrected chi connectivity index (χ1v) is 5.43. The van der Waals surface area contributed by atoms with E-state index in [1.807, 2.05) is 0 Å². The monoisotopic (exact) mass is 251 g/mol. The lowest BCUT2D eigenvalue weighted by molar-refractivity contribution is -0.149. The Bertz CT molecular complexity index is 531. The van der Waals surface area contributed by atoms with Gasteiger partial charge >= 0.3 is 5.97 Å². The average molecular weight is 251 g/mol. The van der Waals surface area contributed by atoms with Gasteiger partial charge in [-0.2, -0.15) is 10.1 Å². The molecule has 0 amide bonds. The van der Waals surface area contributed by atoms with Crippen molar-refractivity contribution in [3.8, 4) is 11.6 Å². The first-order valence-electron chi connectivity index (χ1n) is 5.43. The lowest BCUT2D eigenvalue weighted by Gasteiger charge is -2.16. The van der Waals surface area contributed by atoms with Crippen LogP contribution in [0.4, 0.5) is 0 Å². The number of carbonyl (C=O) groups excluding carboxylic acids is 1. The number of nitrogens with zero attached hydrogens (tertiary/aromatic N) is 4. The van der Waals surface area contributed by atoms with E-state index in [2.05, 4.69) is 25.3 Å². The number of hydrogen-bond donors (Lipinski definition) is 1. The predicted molar refractivity (Wildman–Crippen MR) is 59.3 cm³/mol. The minimum absolute atomic E-state index is 0.173. The van der Waals surface area contributed by atoms with Crippen molar-refractivity contribution >= 4 is 5.97 Å². The molecule has 2 rings (SSSR count). The molecule has 0 aliphatic heterocycles. The molecule has 0 fully saturated rings. The van der Waals surface area contributed by atoms with Crippen LogP contribution in [-0.4, -0.2) is 37.9 Å². The summed E-state index contributed by atoms with van der Waals surface area (Å²) in [5, 5.41) is 10.0. The van der Waals surface area contributed by atoms with Gasteiger partial charge < -0.3 is 9.26 Å². The molecule has 1 N–H and O–H groups in total. The lowest BCUT2D eigenvalue weighted by atomic mass is 9.94. The number of esters is 1. The van der Waals surface area contributed by atoms with Gasteiger partial charge in [0.1, 0.15) is 11.7 Å². The second-order valence-corrected chi connectivity index (χ2v) is 4.10. The molecule has 8 nitrogen and oxygen atoms in total. The Morgan fingerprint density at radius 1 is 1.56 bits per heavy atom. The maximum absolute atomic E-state index is 11.8. The minimum atomic E-state index is -0.999. The highest BCUT2D eigenvalue weighted by molar-refractivity contribution is 5.80. The van der Waals surface area contributed by atoms with Gasteiger partial charge in [0.2, 0.25) is 11.7 Å². The Morgan fingerprint density at radius 2 is 2.33 bits per heavy atom. The molecule has 0 atom stereocenters. The molecule has 0 aliphatic carbocycles. The van der Waals surface area contributed by atoms with Gasteiger partial charge in [0, 0.05) is 0 Å². The number of rotatable bonds is 4. The molecule has 0 saturated carbocycles. The molecule has 2 aromatic rings. The van der Waals surface area contributed by atoms with E-state index in [-0.39, 0.29) is 11.7 Å². The number of nitrogens with one attached hydrogen (secondary N) is 1. The zero-order valence-electron chi connectivity index (χ0n) is 10.3. The van der Waals surface area contributed by atoms with Gasteiger partial charge in [-0.3, -0.25) is 9.89 Å². The normalized spacial score (nSPS) is 11.5. The first kappa shape index (κ1) is 12.2. The van der Waals surface area contributed by atoms with Crippen LogP contribution in [0, 0.1) is 0 Å². The van der Waals surface area contributed by atoms with Crippen molar-refractivity contribution in [2.45, 2.75) is 26.2 Å². The molecule has 0 saturated heterocycles. The van der Waals surface area contributed by atoms with Crippen LogP contribution < -0.4 is 0 Å². The van der Waals surface area contributed by atoms with Gasteiger partial charge in [-0.1, -0.05) is 5.16 Å². The molecule has 2 aromatic heterocycles.